The number of benzene rings is 7. The van der Waals surface area contributed by atoms with Crippen molar-refractivity contribution in [1.29, 1.82) is 0 Å². The standard InChI is InChI=1S/C46H28N4S/c1-2-11-29(12-3-1)30-21-23-42-37(26-30)36-17-6-9-20-41(36)50(42)33-22-24-43-38(27-33)45-44(51-43)28-47-46(48-45)31-13-10-14-32(25-31)49-39-18-7-4-15-34(39)35-16-5-8-19-40(35)49/h1-28H. The molecule has 11 rings (SSSR count). The molecule has 0 amide bonds. The zero-order valence-corrected chi connectivity index (χ0v) is 28.2. The predicted molar refractivity (Wildman–Crippen MR) is 214 cm³/mol. The molecule has 0 radical (unpaired) electrons. The van der Waals surface area contributed by atoms with Crippen LogP contribution in [0.3, 0.4) is 0 Å². The second-order valence-corrected chi connectivity index (χ2v) is 14.1. The van der Waals surface area contributed by atoms with E-state index in [1.165, 1.54) is 59.4 Å². The summed E-state index contributed by atoms with van der Waals surface area (Å²) >= 11 is 1.74. The number of rotatable bonds is 4. The molecule has 0 aliphatic carbocycles. The van der Waals surface area contributed by atoms with E-state index in [0.717, 1.165) is 38.4 Å². The lowest BCUT2D eigenvalue weighted by Crippen LogP contribution is -1.95. The molecule has 11 aromatic rings. The molecule has 4 heterocycles. The molecule has 7 aromatic carbocycles. The second-order valence-electron chi connectivity index (χ2n) is 13.1. The molecule has 51 heavy (non-hydrogen) atoms. The Balaban J connectivity index is 1.06. The summed E-state index contributed by atoms with van der Waals surface area (Å²) < 4.78 is 7.01. The van der Waals surface area contributed by atoms with Crippen molar-refractivity contribution in [3.8, 4) is 33.9 Å². The van der Waals surface area contributed by atoms with Crippen LogP contribution in [0.2, 0.25) is 0 Å². The van der Waals surface area contributed by atoms with Crippen LogP contribution in [0.1, 0.15) is 0 Å². The van der Waals surface area contributed by atoms with Crippen LogP contribution in [0.4, 0.5) is 0 Å². The highest BCUT2D eigenvalue weighted by molar-refractivity contribution is 7.25. The number of para-hydroxylation sites is 3. The van der Waals surface area contributed by atoms with E-state index in [9.17, 15) is 0 Å². The van der Waals surface area contributed by atoms with Gasteiger partial charge in [-0.3, -0.25) is 0 Å². The van der Waals surface area contributed by atoms with E-state index < -0.39 is 0 Å². The van der Waals surface area contributed by atoms with Gasteiger partial charge in [-0.05, 0) is 71.8 Å². The summed E-state index contributed by atoms with van der Waals surface area (Å²) in [7, 11) is 0. The van der Waals surface area contributed by atoms with Crippen LogP contribution in [0.25, 0.3) is 97.8 Å². The first kappa shape index (κ1) is 28.3. The van der Waals surface area contributed by atoms with Crippen LogP contribution in [0.5, 0.6) is 0 Å². The lowest BCUT2D eigenvalue weighted by molar-refractivity contribution is 1.17. The van der Waals surface area contributed by atoms with Gasteiger partial charge in [0.05, 0.1) is 32.3 Å². The van der Waals surface area contributed by atoms with Crippen LogP contribution in [0, 0.1) is 0 Å². The van der Waals surface area contributed by atoms with Gasteiger partial charge in [0.2, 0.25) is 0 Å². The summed E-state index contributed by atoms with van der Waals surface area (Å²) in [5.74, 6) is 0.723. The third kappa shape index (κ3) is 4.32. The normalized spacial score (nSPS) is 11.9. The first-order valence-electron chi connectivity index (χ1n) is 17.2. The molecule has 0 saturated heterocycles. The molecule has 0 atom stereocenters. The molecule has 0 fully saturated rings. The molecule has 5 heteroatoms. The minimum atomic E-state index is 0.723. The fourth-order valence-electron chi connectivity index (χ4n) is 7.87. The van der Waals surface area contributed by atoms with E-state index in [1.807, 2.05) is 6.20 Å². The van der Waals surface area contributed by atoms with Crippen molar-refractivity contribution in [2.75, 3.05) is 0 Å². The van der Waals surface area contributed by atoms with Crippen LogP contribution < -0.4 is 0 Å². The van der Waals surface area contributed by atoms with Crippen molar-refractivity contribution in [2.24, 2.45) is 0 Å². The van der Waals surface area contributed by atoms with Gasteiger partial charge in [-0.25, -0.2) is 9.97 Å². The molecular formula is C46H28N4S. The first-order valence-corrected chi connectivity index (χ1v) is 18.0. The van der Waals surface area contributed by atoms with Crippen molar-refractivity contribution >= 4 is 75.3 Å². The zero-order valence-electron chi connectivity index (χ0n) is 27.4. The lowest BCUT2D eigenvalue weighted by Gasteiger charge is -2.10. The fourth-order valence-corrected chi connectivity index (χ4v) is 8.87. The Kier molecular flexibility index (Phi) is 6.09. The van der Waals surface area contributed by atoms with Crippen LogP contribution in [-0.4, -0.2) is 19.1 Å². The smallest absolute Gasteiger partial charge is 0.159 e. The molecule has 0 bridgehead atoms. The molecule has 0 saturated carbocycles. The third-order valence-electron chi connectivity index (χ3n) is 10.2. The lowest BCUT2D eigenvalue weighted by atomic mass is 10.0. The second kappa shape index (κ2) is 11.0. The molecular weight excluding hydrogens is 641 g/mol. The number of hydrogen-bond donors (Lipinski definition) is 0. The Hall–Kier alpha value is -6.56. The number of nitrogens with zero attached hydrogens (tertiary/aromatic N) is 4. The molecule has 4 nitrogen and oxygen atoms in total. The molecule has 0 unspecified atom stereocenters. The van der Waals surface area contributed by atoms with Crippen LogP contribution in [0.15, 0.2) is 170 Å². The molecule has 0 aliphatic heterocycles. The highest BCUT2D eigenvalue weighted by Gasteiger charge is 2.17. The summed E-state index contributed by atoms with van der Waals surface area (Å²) in [6, 6.07) is 58.7. The van der Waals surface area contributed by atoms with E-state index in [4.69, 9.17) is 9.97 Å². The van der Waals surface area contributed by atoms with E-state index in [1.54, 1.807) is 11.3 Å². The Morgan fingerprint density at radius 2 is 1.00 bits per heavy atom. The summed E-state index contributed by atoms with van der Waals surface area (Å²) in [6.07, 6.45) is 1.99. The summed E-state index contributed by atoms with van der Waals surface area (Å²) in [6.45, 7) is 0. The van der Waals surface area contributed by atoms with Gasteiger partial charge in [-0.1, -0.05) is 103 Å². The SMILES string of the molecule is c1ccc(-c2ccc3c(c2)c2ccccc2n3-c2ccc3sc4cnc(-c5cccc(-n6c7ccccc7c7ccccc76)c5)nc4c3c2)cc1. The maximum Gasteiger partial charge on any atom is 0.159 e. The van der Waals surface area contributed by atoms with Gasteiger partial charge in [0.25, 0.3) is 0 Å². The Labute approximate surface area is 297 Å². The van der Waals surface area contributed by atoms with Crippen molar-refractivity contribution in [3.05, 3.63) is 170 Å². The van der Waals surface area contributed by atoms with Crippen molar-refractivity contribution in [3.63, 3.8) is 0 Å². The van der Waals surface area contributed by atoms with Gasteiger partial charge < -0.3 is 9.13 Å². The van der Waals surface area contributed by atoms with E-state index in [-0.39, 0.29) is 0 Å². The monoisotopic (exact) mass is 668 g/mol. The van der Waals surface area contributed by atoms with Crippen LogP contribution >= 0.6 is 11.3 Å². The number of fused-ring (bicyclic) bond motifs is 9. The molecule has 0 spiro atoms. The van der Waals surface area contributed by atoms with E-state index in [0.29, 0.717) is 0 Å². The average molecular weight is 669 g/mol. The van der Waals surface area contributed by atoms with Crippen molar-refractivity contribution in [2.45, 2.75) is 0 Å². The molecule has 0 N–H and O–H groups in total. The summed E-state index contributed by atoms with van der Waals surface area (Å²) in [5.41, 5.74) is 11.4. The Morgan fingerprint density at radius 3 is 1.73 bits per heavy atom. The summed E-state index contributed by atoms with van der Waals surface area (Å²) in [4.78, 5) is 10.1. The predicted octanol–water partition coefficient (Wildman–Crippen LogP) is 12.4. The molecule has 238 valence electrons. The highest BCUT2D eigenvalue weighted by Crippen LogP contribution is 2.39. The zero-order chi connectivity index (χ0) is 33.5. The van der Waals surface area contributed by atoms with Crippen molar-refractivity contribution < 1.29 is 0 Å². The van der Waals surface area contributed by atoms with Gasteiger partial charge >= 0.3 is 0 Å². The maximum atomic E-state index is 5.25. The van der Waals surface area contributed by atoms with Crippen LogP contribution in [-0.2, 0) is 0 Å². The number of thiophene rings is 1. The average Bonchev–Trinajstić information content (AvgIpc) is 3.85. The Bertz CT molecular complexity index is 3090. The van der Waals surface area contributed by atoms with E-state index >= 15 is 0 Å². The quantitative estimate of drug-likeness (QED) is 0.187. The minimum absolute atomic E-state index is 0.723. The third-order valence-corrected chi connectivity index (χ3v) is 11.3. The Morgan fingerprint density at radius 1 is 0.392 bits per heavy atom. The van der Waals surface area contributed by atoms with Crippen molar-refractivity contribution in [1.82, 2.24) is 19.1 Å². The van der Waals surface area contributed by atoms with Gasteiger partial charge in [-0.2, -0.15) is 0 Å². The largest absolute Gasteiger partial charge is 0.309 e. The van der Waals surface area contributed by atoms with Gasteiger partial charge in [0.1, 0.15) is 0 Å². The number of hydrogen-bond acceptors (Lipinski definition) is 3. The van der Waals surface area contributed by atoms with Gasteiger partial charge in [-0.15, -0.1) is 11.3 Å². The molecule has 0 aliphatic rings. The topological polar surface area (TPSA) is 35.6 Å². The van der Waals surface area contributed by atoms with Gasteiger partial charge in [0, 0.05) is 54.8 Å². The van der Waals surface area contributed by atoms with E-state index in [2.05, 4.69) is 173 Å². The van der Waals surface area contributed by atoms with Gasteiger partial charge in [0.15, 0.2) is 5.82 Å². The molecule has 4 aromatic heterocycles. The minimum Gasteiger partial charge on any atom is -0.309 e. The maximum absolute atomic E-state index is 5.25. The first-order chi connectivity index (χ1) is 25.3. The summed E-state index contributed by atoms with van der Waals surface area (Å²) in [5, 5.41) is 6.12. The highest BCUT2D eigenvalue weighted by atomic mass is 32.1. The fraction of sp³-hybridized carbons (Fsp3) is 0. The number of aromatic nitrogens is 4.